The van der Waals surface area contributed by atoms with E-state index in [1.54, 1.807) is 0 Å². The van der Waals surface area contributed by atoms with Crippen molar-refractivity contribution in [3.63, 3.8) is 0 Å². The van der Waals surface area contributed by atoms with Gasteiger partial charge in [-0.2, -0.15) is 0 Å². The Hall–Kier alpha value is -0.930. The van der Waals surface area contributed by atoms with Crippen LogP contribution < -0.4 is 0 Å². The van der Waals surface area contributed by atoms with Gasteiger partial charge >= 0.3 is 0 Å². The Balaban J connectivity index is 2.26. The van der Waals surface area contributed by atoms with Crippen LogP contribution in [0.25, 0.3) is 0 Å². The topological polar surface area (TPSA) is 0 Å². The van der Waals surface area contributed by atoms with Gasteiger partial charge in [-0.25, -0.2) is 8.78 Å². The van der Waals surface area contributed by atoms with Gasteiger partial charge in [0.05, 0.1) is 0 Å². The van der Waals surface area contributed by atoms with Gasteiger partial charge in [0.2, 0.25) is 0 Å². The largest absolute Gasteiger partial charge is 0.207 e. The smallest absolute Gasteiger partial charge is 0.126 e. The highest BCUT2D eigenvalue weighted by Gasteiger charge is 2.15. The third-order valence-electron chi connectivity index (χ3n) is 2.94. The number of hydrogen-bond donors (Lipinski definition) is 0. The monoisotopic (exact) mass is 344 g/mol. The van der Waals surface area contributed by atoms with Crippen LogP contribution in [0.1, 0.15) is 17.0 Å². The Kier molecular flexibility index (Phi) is 4.94. The Labute approximate surface area is 124 Å². The van der Waals surface area contributed by atoms with Crippen LogP contribution in [0.15, 0.2) is 46.9 Å². The maximum absolute atomic E-state index is 13.2. The second-order valence-corrected chi connectivity index (χ2v) is 5.52. The zero-order valence-electron chi connectivity index (χ0n) is 10.0. The van der Waals surface area contributed by atoms with Crippen LogP contribution in [0.3, 0.4) is 0 Å². The molecule has 0 spiro atoms. The molecule has 0 aliphatic heterocycles. The Morgan fingerprint density at radius 1 is 1.05 bits per heavy atom. The molecule has 0 N–H and O–H groups in total. The number of halogens is 4. The highest BCUT2D eigenvalue weighted by molar-refractivity contribution is 9.10. The molecule has 0 bridgehead atoms. The minimum Gasteiger partial charge on any atom is -0.207 e. The highest BCUT2D eigenvalue weighted by Crippen LogP contribution is 2.29. The van der Waals surface area contributed by atoms with Crippen molar-refractivity contribution in [1.82, 2.24) is 0 Å². The van der Waals surface area contributed by atoms with E-state index >= 15 is 0 Å². The van der Waals surface area contributed by atoms with Gasteiger partial charge in [0.1, 0.15) is 11.6 Å². The molecular formula is C15H12BrClF2. The predicted octanol–water partition coefficient (Wildman–Crippen LogP) is 5.29. The van der Waals surface area contributed by atoms with E-state index in [0.29, 0.717) is 17.9 Å². The molecule has 2 aromatic rings. The number of benzene rings is 2. The summed E-state index contributed by atoms with van der Waals surface area (Å²) in [6, 6.07) is 11.3. The summed E-state index contributed by atoms with van der Waals surface area (Å²) in [6.07, 6.45) is 0.501. The summed E-state index contributed by atoms with van der Waals surface area (Å²) in [5, 5.41) is 0. The van der Waals surface area contributed by atoms with Crippen molar-refractivity contribution in [2.24, 2.45) is 0 Å². The summed E-state index contributed by atoms with van der Waals surface area (Å²) >= 11 is 9.47. The molecule has 0 aliphatic rings. The van der Waals surface area contributed by atoms with Crippen molar-refractivity contribution < 1.29 is 8.78 Å². The standard InChI is InChI=1S/C15H12BrClF2/c16-15-4-2-1-3-14(15)11(9-17)5-10-6-12(18)8-13(19)7-10/h1-4,6-8,11H,5,9H2. The molecule has 0 heterocycles. The fourth-order valence-electron chi connectivity index (χ4n) is 2.07. The van der Waals surface area contributed by atoms with Gasteiger partial charge in [0.25, 0.3) is 0 Å². The van der Waals surface area contributed by atoms with Gasteiger partial charge in [0, 0.05) is 22.3 Å². The molecule has 2 aromatic carbocycles. The summed E-state index contributed by atoms with van der Waals surface area (Å²) in [4.78, 5) is 0. The molecule has 0 fully saturated rings. The Morgan fingerprint density at radius 3 is 2.26 bits per heavy atom. The molecule has 19 heavy (non-hydrogen) atoms. The molecule has 0 aliphatic carbocycles. The van der Waals surface area contributed by atoms with E-state index in [1.807, 2.05) is 24.3 Å². The molecule has 0 nitrogen and oxygen atoms in total. The van der Waals surface area contributed by atoms with Crippen molar-refractivity contribution in [2.75, 3.05) is 5.88 Å². The third kappa shape index (κ3) is 3.77. The first-order chi connectivity index (χ1) is 9.10. The normalized spacial score (nSPS) is 12.4. The van der Waals surface area contributed by atoms with E-state index in [4.69, 9.17) is 11.6 Å². The number of hydrogen-bond acceptors (Lipinski definition) is 0. The van der Waals surface area contributed by atoms with Crippen molar-refractivity contribution in [1.29, 1.82) is 0 Å². The van der Waals surface area contributed by atoms with Gasteiger partial charge in [-0.1, -0.05) is 34.1 Å². The Bertz CT molecular complexity index is 552. The third-order valence-corrected chi connectivity index (χ3v) is 4.03. The second-order valence-electron chi connectivity index (χ2n) is 4.35. The lowest BCUT2D eigenvalue weighted by atomic mass is 9.93. The average molecular weight is 346 g/mol. The number of alkyl halides is 1. The van der Waals surface area contributed by atoms with E-state index in [1.165, 1.54) is 12.1 Å². The first kappa shape index (κ1) is 14.5. The number of rotatable bonds is 4. The van der Waals surface area contributed by atoms with Crippen LogP contribution in [-0.2, 0) is 6.42 Å². The molecule has 0 saturated carbocycles. The van der Waals surface area contributed by atoms with Crippen LogP contribution in [0.5, 0.6) is 0 Å². The fourth-order valence-corrected chi connectivity index (χ4v) is 2.95. The summed E-state index contributed by atoms with van der Waals surface area (Å²) in [5.41, 5.74) is 1.65. The fraction of sp³-hybridized carbons (Fsp3) is 0.200. The molecule has 4 heteroatoms. The average Bonchev–Trinajstić information content (AvgIpc) is 2.36. The van der Waals surface area contributed by atoms with Crippen LogP contribution >= 0.6 is 27.5 Å². The van der Waals surface area contributed by atoms with Crippen LogP contribution in [0.4, 0.5) is 8.78 Å². The summed E-state index contributed by atoms with van der Waals surface area (Å²) in [5.74, 6) is -0.717. The summed E-state index contributed by atoms with van der Waals surface area (Å²) in [6.45, 7) is 0. The lowest BCUT2D eigenvalue weighted by Gasteiger charge is -2.16. The lowest BCUT2D eigenvalue weighted by Crippen LogP contribution is -2.06. The van der Waals surface area contributed by atoms with Gasteiger partial charge in [0.15, 0.2) is 0 Å². The van der Waals surface area contributed by atoms with Gasteiger partial charge < -0.3 is 0 Å². The highest BCUT2D eigenvalue weighted by atomic mass is 79.9. The second kappa shape index (κ2) is 6.49. The van der Waals surface area contributed by atoms with Crippen molar-refractivity contribution >= 4 is 27.5 Å². The summed E-state index contributed by atoms with van der Waals surface area (Å²) in [7, 11) is 0. The molecule has 100 valence electrons. The van der Waals surface area contributed by atoms with Crippen molar-refractivity contribution in [2.45, 2.75) is 12.3 Å². The minimum absolute atomic E-state index is 0.0124. The molecule has 1 unspecified atom stereocenters. The lowest BCUT2D eigenvalue weighted by molar-refractivity contribution is 0.577. The van der Waals surface area contributed by atoms with Crippen molar-refractivity contribution in [3.05, 3.63) is 69.7 Å². The maximum Gasteiger partial charge on any atom is 0.126 e. The first-order valence-electron chi connectivity index (χ1n) is 5.85. The van der Waals surface area contributed by atoms with E-state index < -0.39 is 11.6 Å². The van der Waals surface area contributed by atoms with Crippen LogP contribution in [0, 0.1) is 11.6 Å². The van der Waals surface area contributed by atoms with E-state index in [9.17, 15) is 8.78 Å². The van der Waals surface area contributed by atoms with Crippen molar-refractivity contribution in [3.8, 4) is 0 Å². The van der Waals surface area contributed by atoms with E-state index in [-0.39, 0.29) is 5.92 Å². The zero-order valence-corrected chi connectivity index (χ0v) is 12.4. The zero-order chi connectivity index (χ0) is 13.8. The maximum atomic E-state index is 13.2. The van der Waals surface area contributed by atoms with E-state index in [2.05, 4.69) is 15.9 Å². The van der Waals surface area contributed by atoms with Gasteiger partial charge in [-0.15, -0.1) is 11.6 Å². The first-order valence-corrected chi connectivity index (χ1v) is 7.18. The van der Waals surface area contributed by atoms with Crippen LogP contribution in [0.2, 0.25) is 0 Å². The molecule has 0 amide bonds. The van der Waals surface area contributed by atoms with Gasteiger partial charge in [-0.3, -0.25) is 0 Å². The molecule has 1 atom stereocenters. The van der Waals surface area contributed by atoms with Gasteiger partial charge in [-0.05, 0) is 35.7 Å². The molecular weight excluding hydrogens is 334 g/mol. The Morgan fingerprint density at radius 2 is 1.68 bits per heavy atom. The predicted molar refractivity (Wildman–Crippen MR) is 77.7 cm³/mol. The van der Waals surface area contributed by atoms with E-state index in [0.717, 1.165) is 16.1 Å². The SMILES string of the molecule is Fc1cc(F)cc(CC(CCl)c2ccccc2Br)c1. The minimum atomic E-state index is -0.560. The summed E-state index contributed by atoms with van der Waals surface area (Å²) < 4.78 is 27.3. The van der Waals surface area contributed by atoms with Crippen LogP contribution in [-0.4, -0.2) is 5.88 Å². The molecule has 0 aromatic heterocycles. The molecule has 0 saturated heterocycles. The molecule has 0 radical (unpaired) electrons. The molecule has 2 rings (SSSR count). The quantitative estimate of drug-likeness (QED) is 0.660.